The minimum atomic E-state index is -4.71. The zero-order valence-electron chi connectivity index (χ0n) is 11.1. The summed E-state index contributed by atoms with van der Waals surface area (Å²) in [6.45, 7) is 0. The lowest BCUT2D eigenvalue weighted by atomic mass is 10.2. The monoisotopic (exact) mass is 308 g/mol. The Morgan fingerprint density at radius 3 is 2.45 bits per heavy atom. The fraction of sp³-hybridized carbons (Fsp3) is 0.0667. The van der Waals surface area contributed by atoms with Crippen LogP contribution in [0.5, 0.6) is 11.5 Å². The molecule has 0 amide bonds. The molecule has 22 heavy (non-hydrogen) atoms. The molecule has 0 aliphatic carbocycles. The first-order valence-electron chi connectivity index (χ1n) is 6.34. The van der Waals surface area contributed by atoms with Gasteiger partial charge in [0.15, 0.2) is 0 Å². The van der Waals surface area contributed by atoms with Gasteiger partial charge in [-0.25, -0.2) is 0 Å². The van der Waals surface area contributed by atoms with E-state index in [2.05, 4.69) is 10.2 Å². The van der Waals surface area contributed by atoms with Crippen molar-refractivity contribution in [1.29, 1.82) is 0 Å². The lowest BCUT2D eigenvalue weighted by Crippen LogP contribution is -2.42. The summed E-state index contributed by atoms with van der Waals surface area (Å²) in [6.07, 6.45) is -1.37. The van der Waals surface area contributed by atoms with Gasteiger partial charge in [0.05, 0.1) is 5.69 Å². The Morgan fingerprint density at radius 1 is 1.05 bits per heavy atom. The highest BCUT2D eigenvalue weighted by atomic mass is 19.4. The van der Waals surface area contributed by atoms with E-state index in [0.717, 1.165) is 5.22 Å². The molecule has 0 atom stereocenters. The summed E-state index contributed by atoms with van der Waals surface area (Å²) in [7, 11) is 0. The maximum Gasteiger partial charge on any atom is 0.573 e. The number of phenols is 1. The Hall–Kier alpha value is -2.83. The minimum absolute atomic E-state index is 0.122. The molecule has 0 spiro atoms. The number of rotatable bonds is 2. The van der Waals surface area contributed by atoms with Gasteiger partial charge in [-0.3, -0.25) is 5.01 Å². The average molecular weight is 308 g/mol. The van der Waals surface area contributed by atoms with Crippen molar-refractivity contribution in [2.24, 2.45) is 0 Å². The quantitative estimate of drug-likeness (QED) is 0.888. The summed E-state index contributed by atoms with van der Waals surface area (Å²) in [4.78, 5) is 0. The largest absolute Gasteiger partial charge is 0.573 e. The van der Waals surface area contributed by atoms with Gasteiger partial charge in [0, 0.05) is 22.8 Å². The van der Waals surface area contributed by atoms with Crippen LogP contribution in [0.2, 0.25) is 0 Å². The van der Waals surface area contributed by atoms with Crippen LogP contribution in [-0.2, 0) is 0 Å². The van der Waals surface area contributed by atoms with Gasteiger partial charge in [0.2, 0.25) is 0 Å². The number of hydrazine groups is 1. The van der Waals surface area contributed by atoms with Gasteiger partial charge in [0.25, 0.3) is 0 Å². The molecule has 0 fully saturated rings. The molecule has 1 aliphatic heterocycles. The molecule has 2 aromatic carbocycles. The highest BCUT2D eigenvalue weighted by Gasteiger charge is 2.31. The second-order valence-corrected chi connectivity index (χ2v) is 4.59. The van der Waals surface area contributed by atoms with Gasteiger partial charge >= 0.3 is 6.36 Å². The van der Waals surface area contributed by atoms with E-state index < -0.39 is 6.36 Å². The van der Waals surface area contributed by atoms with E-state index in [1.807, 2.05) is 6.07 Å². The van der Waals surface area contributed by atoms with Crippen molar-refractivity contribution < 1.29 is 23.0 Å². The number of hydrogen-bond donors (Lipinski definition) is 2. The third-order valence-corrected chi connectivity index (χ3v) is 3.08. The first-order valence-corrected chi connectivity index (χ1v) is 6.34. The first kappa shape index (κ1) is 14.1. The number of hydrogen-bond acceptors (Lipinski definition) is 4. The van der Waals surface area contributed by atoms with Crippen molar-refractivity contribution in [3.05, 3.63) is 52.9 Å². The van der Waals surface area contributed by atoms with E-state index in [1.54, 1.807) is 29.5 Å². The van der Waals surface area contributed by atoms with Gasteiger partial charge in [-0.1, -0.05) is 12.1 Å². The molecule has 1 aliphatic rings. The van der Waals surface area contributed by atoms with Gasteiger partial charge in [-0.05, 0) is 30.3 Å². The molecule has 0 bridgehead atoms. The molecule has 0 radical (unpaired) electrons. The highest BCUT2D eigenvalue weighted by Crippen LogP contribution is 2.25. The maximum absolute atomic E-state index is 12.1. The molecule has 2 aromatic rings. The lowest BCUT2D eigenvalue weighted by molar-refractivity contribution is -0.274. The van der Waals surface area contributed by atoms with Crippen molar-refractivity contribution in [3.63, 3.8) is 0 Å². The Kier molecular flexibility index (Phi) is 3.32. The molecule has 114 valence electrons. The molecule has 0 unspecified atom stereocenters. The number of fused-ring (bicyclic) bond motifs is 1. The number of benzene rings is 2. The van der Waals surface area contributed by atoms with Crippen LogP contribution in [0.3, 0.4) is 0 Å². The Labute approximate surface area is 123 Å². The van der Waals surface area contributed by atoms with Crippen LogP contribution in [0.4, 0.5) is 18.9 Å². The summed E-state index contributed by atoms with van der Waals surface area (Å²) >= 11 is 0. The number of alkyl halides is 3. The summed E-state index contributed by atoms with van der Waals surface area (Å²) in [6, 6.07) is 10.5. The molecule has 2 N–H and O–H groups in total. The zero-order valence-corrected chi connectivity index (χ0v) is 11.1. The predicted octanol–water partition coefficient (Wildman–Crippen LogP) is 1.79. The second-order valence-electron chi connectivity index (χ2n) is 4.59. The summed E-state index contributed by atoms with van der Waals surface area (Å²) in [5.41, 5.74) is 3.56. The molecule has 7 heteroatoms. The summed E-state index contributed by atoms with van der Waals surface area (Å²) in [5, 5.41) is 12.9. The number of aromatic hydroxyl groups is 1. The van der Waals surface area contributed by atoms with E-state index in [9.17, 15) is 18.3 Å². The minimum Gasteiger partial charge on any atom is -0.507 e. The maximum atomic E-state index is 12.1. The SMILES string of the molecule is Oc1cccc2c1=CN(c1ccc(OC(F)(F)F)cc1)NC=2. The van der Waals surface area contributed by atoms with Gasteiger partial charge in [0.1, 0.15) is 11.5 Å². The van der Waals surface area contributed by atoms with Crippen LogP contribution in [-0.4, -0.2) is 11.5 Å². The van der Waals surface area contributed by atoms with Crippen LogP contribution >= 0.6 is 0 Å². The van der Waals surface area contributed by atoms with Crippen molar-refractivity contribution in [1.82, 2.24) is 5.43 Å². The average Bonchev–Trinajstić information content (AvgIpc) is 2.47. The van der Waals surface area contributed by atoms with Crippen molar-refractivity contribution in [3.8, 4) is 11.5 Å². The Balaban J connectivity index is 1.88. The smallest absolute Gasteiger partial charge is 0.507 e. The number of phenolic OH excluding ortho intramolecular Hbond substituents is 1. The van der Waals surface area contributed by atoms with E-state index in [-0.39, 0.29) is 11.5 Å². The normalized spacial score (nSPS) is 13.5. The van der Waals surface area contributed by atoms with E-state index in [1.165, 1.54) is 24.3 Å². The van der Waals surface area contributed by atoms with Crippen LogP contribution < -0.4 is 25.6 Å². The number of anilines is 1. The third kappa shape index (κ3) is 2.93. The zero-order chi connectivity index (χ0) is 15.7. The molecular weight excluding hydrogens is 297 g/mol. The molecule has 0 saturated heterocycles. The van der Waals surface area contributed by atoms with Crippen molar-refractivity contribution in [2.75, 3.05) is 5.01 Å². The highest BCUT2D eigenvalue weighted by molar-refractivity contribution is 5.62. The number of nitrogens with zero attached hydrogens (tertiary/aromatic N) is 1. The summed E-state index contributed by atoms with van der Waals surface area (Å²) < 4.78 is 40.2. The fourth-order valence-electron chi connectivity index (χ4n) is 2.10. The number of ether oxygens (including phenoxy) is 1. The molecule has 0 aromatic heterocycles. The predicted molar refractivity (Wildman–Crippen MR) is 75.0 cm³/mol. The van der Waals surface area contributed by atoms with Crippen LogP contribution in [0.25, 0.3) is 12.4 Å². The topological polar surface area (TPSA) is 44.7 Å². The third-order valence-electron chi connectivity index (χ3n) is 3.08. The van der Waals surface area contributed by atoms with Gasteiger partial charge in [-0.2, -0.15) is 0 Å². The molecular formula is C15H11F3N2O2. The van der Waals surface area contributed by atoms with Crippen LogP contribution in [0.15, 0.2) is 42.5 Å². The second kappa shape index (κ2) is 5.18. The van der Waals surface area contributed by atoms with E-state index in [4.69, 9.17) is 0 Å². The van der Waals surface area contributed by atoms with E-state index >= 15 is 0 Å². The number of halogens is 3. The Morgan fingerprint density at radius 2 is 1.77 bits per heavy atom. The van der Waals surface area contributed by atoms with Gasteiger partial charge in [-0.15, -0.1) is 13.2 Å². The molecule has 4 nitrogen and oxygen atoms in total. The van der Waals surface area contributed by atoms with Crippen LogP contribution in [0.1, 0.15) is 0 Å². The molecule has 1 heterocycles. The number of nitrogens with one attached hydrogen (secondary N) is 1. The van der Waals surface area contributed by atoms with Crippen molar-refractivity contribution >= 4 is 18.1 Å². The van der Waals surface area contributed by atoms with Crippen LogP contribution in [0, 0.1) is 0 Å². The Bertz CT molecular complexity index is 801. The van der Waals surface area contributed by atoms with Crippen molar-refractivity contribution in [2.45, 2.75) is 6.36 Å². The first-order chi connectivity index (χ1) is 10.4. The lowest BCUT2D eigenvalue weighted by Gasteiger charge is -2.23. The standard InChI is InChI=1S/C15H11F3N2O2/c16-15(17,18)22-12-6-4-11(5-7-12)20-9-13-10(8-19-20)2-1-3-14(13)21/h1-9,19,21H. The van der Waals surface area contributed by atoms with Gasteiger partial charge < -0.3 is 15.3 Å². The summed E-state index contributed by atoms with van der Waals surface area (Å²) in [5.74, 6) is -0.169. The van der Waals surface area contributed by atoms with E-state index in [0.29, 0.717) is 10.9 Å². The molecule has 3 rings (SSSR count). The molecule has 0 saturated carbocycles. The fourth-order valence-corrected chi connectivity index (χ4v) is 2.10.